The number of hydrogen-bond acceptors (Lipinski definition) is 4. The summed E-state index contributed by atoms with van der Waals surface area (Å²) >= 11 is 4.27. The third-order valence-corrected chi connectivity index (χ3v) is 8.87. The van der Waals surface area contributed by atoms with Crippen molar-refractivity contribution >= 4 is 33.8 Å². The van der Waals surface area contributed by atoms with Gasteiger partial charge < -0.3 is 0 Å². The van der Waals surface area contributed by atoms with Crippen molar-refractivity contribution in [2.75, 3.05) is 6.61 Å². The van der Waals surface area contributed by atoms with Crippen LogP contribution >= 0.6 is 12.6 Å². The molecule has 1 aliphatic heterocycles. The molecule has 3 nitrogen and oxygen atoms in total. The van der Waals surface area contributed by atoms with Crippen molar-refractivity contribution in [3.8, 4) is 0 Å². The molecule has 2 unspecified atom stereocenters. The monoisotopic (exact) mass is 410 g/mol. The Morgan fingerprint density at radius 2 is 1.85 bits per heavy atom. The van der Waals surface area contributed by atoms with Gasteiger partial charge in [0.15, 0.2) is 0 Å². The fourth-order valence-electron chi connectivity index (χ4n) is 2.12. The summed E-state index contributed by atoms with van der Waals surface area (Å²) in [5.74, 6) is -0.114. The van der Waals surface area contributed by atoms with Crippen LogP contribution in [0.5, 0.6) is 0 Å². The van der Waals surface area contributed by atoms with E-state index in [4.69, 9.17) is 27.1 Å². The van der Waals surface area contributed by atoms with Crippen LogP contribution in [0, 0.1) is 5.92 Å². The Hall–Kier alpha value is 1.03. The predicted octanol–water partition coefficient (Wildman–Crippen LogP) is 4.40. The van der Waals surface area contributed by atoms with Crippen molar-refractivity contribution in [2.45, 2.75) is 79.4 Å². The van der Waals surface area contributed by atoms with E-state index in [1.54, 1.807) is 0 Å². The Morgan fingerprint density at radius 1 is 1.15 bits per heavy atom. The quantitative estimate of drug-likeness (QED) is 0.161. The first-order chi connectivity index (χ1) is 9.65. The van der Waals surface area contributed by atoms with Crippen LogP contribution in [0.15, 0.2) is 0 Å². The minimum absolute atomic E-state index is 0.425. The van der Waals surface area contributed by atoms with Gasteiger partial charge in [0.05, 0.1) is 0 Å². The van der Waals surface area contributed by atoms with Crippen LogP contribution in [0.3, 0.4) is 0 Å². The average Bonchev–Trinajstić information content (AvgIpc) is 3.19. The molecule has 1 aliphatic rings. The van der Waals surface area contributed by atoms with Crippen LogP contribution in [0.25, 0.3) is 0 Å². The van der Waals surface area contributed by atoms with Crippen molar-refractivity contribution in [1.82, 2.24) is 0 Å². The Kier molecular flexibility index (Phi) is 10.2. The molecule has 0 aromatic carbocycles. The van der Waals surface area contributed by atoms with Gasteiger partial charge in [0, 0.05) is 0 Å². The van der Waals surface area contributed by atoms with Crippen LogP contribution in [0.2, 0.25) is 4.44 Å². The van der Waals surface area contributed by atoms with E-state index < -0.39 is 27.1 Å². The van der Waals surface area contributed by atoms with Gasteiger partial charge in [-0.1, -0.05) is 0 Å². The Labute approximate surface area is 140 Å². The molecule has 0 aliphatic carbocycles. The standard InChI is InChI=1S/C11H21O3S.C4H9.Sn/c1-3-5-6-10(4-2)9-12-11(7-8-15)13-14-11;1-3-4-2;/h8,10,15H,3-7,9H2,1-2H3;1,3-4H2,2H3;. The normalized spacial score (nSPS) is 19.8. The minimum atomic E-state index is -0.737. The van der Waals surface area contributed by atoms with E-state index in [2.05, 4.69) is 20.8 Å². The topological polar surface area (TPSA) is 34.3 Å². The summed E-state index contributed by atoms with van der Waals surface area (Å²) in [6.45, 7) is 7.45. The van der Waals surface area contributed by atoms with E-state index in [1.165, 1.54) is 36.5 Å². The van der Waals surface area contributed by atoms with Crippen molar-refractivity contribution in [1.29, 1.82) is 0 Å². The molecule has 0 aromatic rings. The zero-order valence-electron chi connectivity index (χ0n) is 13.2. The van der Waals surface area contributed by atoms with Gasteiger partial charge in [0.1, 0.15) is 0 Å². The molecule has 1 rings (SSSR count). The van der Waals surface area contributed by atoms with Crippen LogP contribution in [0.1, 0.15) is 65.7 Å². The molecule has 2 atom stereocenters. The summed E-state index contributed by atoms with van der Waals surface area (Å²) in [6, 6.07) is 0. The van der Waals surface area contributed by atoms with E-state index in [0.717, 1.165) is 19.4 Å². The second-order valence-electron chi connectivity index (χ2n) is 5.60. The van der Waals surface area contributed by atoms with E-state index in [-0.39, 0.29) is 0 Å². The van der Waals surface area contributed by atoms with Crippen LogP contribution in [0.4, 0.5) is 0 Å². The number of thiol groups is 1. The summed E-state index contributed by atoms with van der Waals surface area (Å²) in [5, 5.41) is 0. The second kappa shape index (κ2) is 10.7. The van der Waals surface area contributed by atoms with Gasteiger partial charge in [-0.2, -0.15) is 0 Å². The van der Waals surface area contributed by atoms with Crippen LogP contribution in [-0.4, -0.2) is 37.0 Å². The van der Waals surface area contributed by atoms with Gasteiger partial charge in [-0.05, 0) is 0 Å². The van der Waals surface area contributed by atoms with Crippen LogP contribution in [-0.2, 0) is 14.5 Å². The van der Waals surface area contributed by atoms with E-state index in [9.17, 15) is 0 Å². The molecule has 5 heteroatoms. The van der Waals surface area contributed by atoms with Gasteiger partial charge in [-0.25, -0.2) is 0 Å². The summed E-state index contributed by atoms with van der Waals surface area (Å²) in [4.78, 5) is 10.3. The Balaban J connectivity index is 2.20. The maximum absolute atomic E-state index is 5.90. The number of unbranched alkanes of at least 4 members (excludes halogenated alkanes) is 2. The molecule has 1 fully saturated rings. The third-order valence-electron chi connectivity index (χ3n) is 3.71. The third kappa shape index (κ3) is 7.87. The van der Waals surface area contributed by atoms with Crippen LogP contribution < -0.4 is 0 Å². The van der Waals surface area contributed by atoms with Crippen molar-refractivity contribution in [3.05, 3.63) is 0 Å². The molecule has 0 aromatic heterocycles. The van der Waals surface area contributed by atoms with Gasteiger partial charge in [0.2, 0.25) is 0 Å². The molecule has 0 N–H and O–H groups in total. The second-order valence-corrected chi connectivity index (χ2v) is 12.2. The zero-order chi connectivity index (χ0) is 14.8. The van der Waals surface area contributed by atoms with Gasteiger partial charge in [-0.3, -0.25) is 0 Å². The molecule has 1 saturated heterocycles. The molecule has 0 spiro atoms. The first-order valence-corrected chi connectivity index (χ1v) is 12.3. The molecule has 20 heavy (non-hydrogen) atoms. The van der Waals surface area contributed by atoms with E-state index >= 15 is 0 Å². The molecular weight excluding hydrogens is 379 g/mol. The number of rotatable bonds is 13. The molecule has 0 bridgehead atoms. The van der Waals surface area contributed by atoms with Crippen molar-refractivity contribution in [3.63, 3.8) is 0 Å². The fraction of sp³-hybridized carbons (Fsp3) is 1.00. The molecule has 2 radical (unpaired) electrons. The van der Waals surface area contributed by atoms with Gasteiger partial charge in [0.25, 0.3) is 0 Å². The SMILES string of the molecule is CCC[CH2][Sn][CH](S)CC1(OCC(CC)CCCC)OO1. The molecular formula is C15H30O3SSn. The first kappa shape index (κ1) is 19.1. The Bertz CT molecular complexity index is 249. The van der Waals surface area contributed by atoms with Crippen molar-refractivity contribution < 1.29 is 14.5 Å². The summed E-state index contributed by atoms with van der Waals surface area (Å²) in [5.41, 5.74) is 0. The maximum atomic E-state index is 5.90. The summed E-state index contributed by atoms with van der Waals surface area (Å²) in [6.07, 6.45) is 8.35. The fourth-order valence-corrected chi connectivity index (χ4v) is 6.88. The number of hydrogen-bond donors (Lipinski definition) is 1. The molecule has 0 saturated carbocycles. The predicted molar refractivity (Wildman–Crippen MR) is 87.0 cm³/mol. The molecule has 0 amide bonds. The molecule has 1 heterocycles. The van der Waals surface area contributed by atoms with Gasteiger partial charge >= 0.3 is 140 Å². The average molecular weight is 409 g/mol. The first-order valence-electron chi connectivity index (χ1n) is 8.08. The zero-order valence-corrected chi connectivity index (χ0v) is 16.9. The van der Waals surface area contributed by atoms with Gasteiger partial charge in [-0.15, -0.1) is 0 Å². The number of ether oxygens (including phenoxy) is 1. The summed E-state index contributed by atoms with van der Waals surface area (Å²) < 4.78 is 7.75. The molecule has 118 valence electrons. The Morgan fingerprint density at radius 3 is 2.40 bits per heavy atom. The summed E-state index contributed by atoms with van der Waals surface area (Å²) in [7, 11) is 0. The van der Waals surface area contributed by atoms with Crippen molar-refractivity contribution in [2.24, 2.45) is 5.92 Å². The van der Waals surface area contributed by atoms with E-state index in [1.807, 2.05) is 0 Å². The van der Waals surface area contributed by atoms with E-state index in [0.29, 0.717) is 9.18 Å².